The molecule has 1 aromatic heterocycles. The molecule has 0 aliphatic carbocycles. The van der Waals surface area contributed by atoms with E-state index in [2.05, 4.69) is 17.6 Å². The second-order valence-electron chi connectivity index (χ2n) is 6.16. The number of fused-ring (bicyclic) bond motifs is 1. The Hall–Kier alpha value is -1.44. The van der Waals surface area contributed by atoms with Crippen LogP contribution in [0.5, 0.6) is 0 Å². The molecule has 1 fully saturated rings. The predicted molar refractivity (Wildman–Crippen MR) is 91.6 cm³/mol. The molecule has 126 valence electrons. The number of benzene rings is 1. The fourth-order valence-electron chi connectivity index (χ4n) is 3.31. The maximum atomic E-state index is 12.2. The normalized spacial score (nSPS) is 18.1. The first-order chi connectivity index (χ1) is 10.9. The van der Waals surface area contributed by atoms with Crippen molar-refractivity contribution in [1.82, 2.24) is 18.2 Å². The molecule has 0 atom stereocenters. The van der Waals surface area contributed by atoms with Gasteiger partial charge in [-0.1, -0.05) is 19.1 Å². The standard InChI is InChI=1S/C16H24N4O2S/c1-4-16-17-14-7-5-6-8-15(14)20(16)13-9-11-19(12-10-13)23(21,22)18(2)3/h5-8,13H,4,9-12H2,1-3H3. The Balaban J connectivity index is 1.86. The summed E-state index contributed by atoms with van der Waals surface area (Å²) in [7, 11) is -0.142. The molecule has 0 N–H and O–H groups in total. The summed E-state index contributed by atoms with van der Waals surface area (Å²) in [5, 5.41) is 0. The molecule has 0 amide bonds. The molecule has 23 heavy (non-hydrogen) atoms. The second-order valence-corrected chi connectivity index (χ2v) is 8.30. The molecule has 2 aromatic rings. The Labute approximate surface area is 137 Å². The fraction of sp³-hybridized carbons (Fsp3) is 0.562. The van der Waals surface area contributed by atoms with Gasteiger partial charge in [0.15, 0.2) is 0 Å². The lowest BCUT2D eigenvalue weighted by atomic mass is 10.1. The van der Waals surface area contributed by atoms with Gasteiger partial charge in [-0.25, -0.2) is 4.98 Å². The quantitative estimate of drug-likeness (QED) is 0.858. The van der Waals surface area contributed by atoms with Crippen molar-refractivity contribution in [3.05, 3.63) is 30.1 Å². The summed E-state index contributed by atoms with van der Waals surface area (Å²) in [4.78, 5) is 4.73. The van der Waals surface area contributed by atoms with Crippen LogP contribution in [0.1, 0.15) is 31.6 Å². The number of hydrogen-bond acceptors (Lipinski definition) is 3. The highest BCUT2D eigenvalue weighted by Gasteiger charge is 2.31. The topological polar surface area (TPSA) is 58.4 Å². The summed E-state index contributed by atoms with van der Waals surface area (Å²) in [6.45, 7) is 3.23. The van der Waals surface area contributed by atoms with Crippen LogP contribution >= 0.6 is 0 Å². The van der Waals surface area contributed by atoms with Crippen molar-refractivity contribution in [1.29, 1.82) is 0 Å². The van der Waals surface area contributed by atoms with Gasteiger partial charge in [-0.05, 0) is 25.0 Å². The molecule has 0 saturated carbocycles. The SMILES string of the molecule is CCc1nc2ccccc2n1C1CCN(S(=O)(=O)N(C)C)CC1. The van der Waals surface area contributed by atoms with Crippen molar-refractivity contribution in [2.75, 3.05) is 27.2 Å². The molecule has 6 nitrogen and oxygen atoms in total. The summed E-state index contributed by atoms with van der Waals surface area (Å²) >= 11 is 0. The highest BCUT2D eigenvalue weighted by atomic mass is 32.2. The molecule has 1 aliphatic rings. The van der Waals surface area contributed by atoms with E-state index in [0.717, 1.165) is 36.1 Å². The van der Waals surface area contributed by atoms with Gasteiger partial charge in [0, 0.05) is 39.6 Å². The van der Waals surface area contributed by atoms with Gasteiger partial charge in [0.25, 0.3) is 10.2 Å². The zero-order valence-electron chi connectivity index (χ0n) is 13.9. The van der Waals surface area contributed by atoms with Crippen LogP contribution in [0, 0.1) is 0 Å². The van der Waals surface area contributed by atoms with Crippen molar-refractivity contribution in [2.45, 2.75) is 32.2 Å². The van der Waals surface area contributed by atoms with E-state index in [-0.39, 0.29) is 0 Å². The molecule has 0 radical (unpaired) electrons. The summed E-state index contributed by atoms with van der Waals surface area (Å²) in [6, 6.07) is 8.49. The number of hydrogen-bond donors (Lipinski definition) is 0. The lowest BCUT2D eigenvalue weighted by Crippen LogP contribution is -2.44. The minimum atomic E-state index is -3.31. The maximum absolute atomic E-state index is 12.2. The van der Waals surface area contributed by atoms with Gasteiger partial charge in [0.05, 0.1) is 11.0 Å². The van der Waals surface area contributed by atoms with Crippen LogP contribution in [-0.2, 0) is 16.6 Å². The Kier molecular flexibility index (Phi) is 4.44. The average molecular weight is 336 g/mol. The third kappa shape index (κ3) is 2.88. The van der Waals surface area contributed by atoms with Crippen LogP contribution in [-0.4, -0.2) is 53.8 Å². The van der Waals surface area contributed by atoms with Gasteiger partial charge >= 0.3 is 0 Å². The van der Waals surface area contributed by atoms with E-state index in [1.165, 1.54) is 4.31 Å². The minimum absolute atomic E-state index is 0.311. The first-order valence-electron chi connectivity index (χ1n) is 8.08. The highest BCUT2D eigenvalue weighted by Crippen LogP contribution is 2.30. The molecular formula is C16H24N4O2S. The summed E-state index contributed by atoms with van der Waals surface area (Å²) in [5.41, 5.74) is 2.17. The third-order valence-corrected chi connectivity index (χ3v) is 6.50. The molecule has 0 spiro atoms. The smallest absolute Gasteiger partial charge is 0.281 e. The Bertz CT molecular complexity index is 790. The molecule has 0 unspecified atom stereocenters. The van der Waals surface area contributed by atoms with Crippen molar-refractivity contribution >= 4 is 21.2 Å². The maximum Gasteiger partial charge on any atom is 0.281 e. The van der Waals surface area contributed by atoms with Gasteiger partial charge in [-0.2, -0.15) is 17.0 Å². The van der Waals surface area contributed by atoms with Crippen LogP contribution in [0.2, 0.25) is 0 Å². The number of aryl methyl sites for hydroxylation is 1. The van der Waals surface area contributed by atoms with Crippen LogP contribution < -0.4 is 0 Å². The van der Waals surface area contributed by atoms with E-state index in [9.17, 15) is 8.42 Å². The number of rotatable bonds is 4. The first kappa shape index (κ1) is 16.4. The monoisotopic (exact) mass is 336 g/mol. The predicted octanol–water partition coefficient (Wildman–Crippen LogP) is 2.04. The average Bonchev–Trinajstić information content (AvgIpc) is 2.93. The van der Waals surface area contributed by atoms with Gasteiger partial charge in [-0.15, -0.1) is 0 Å². The van der Waals surface area contributed by atoms with Crippen molar-refractivity contribution in [3.63, 3.8) is 0 Å². The Morgan fingerprint density at radius 3 is 2.48 bits per heavy atom. The second kappa shape index (κ2) is 6.22. The molecule has 1 saturated heterocycles. The molecule has 3 rings (SSSR count). The van der Waals surface area contributed by atoms with Crippen LogP contribution in [0.3, 0.4) is 0 Å². The van der Waals surface area contributed by atoms with E-state index in [4.69, 9.17) is 4.98 Å². The lowest BCUT2D eigenvalue weighted by Gasteiger charge is -2.34. The van der Waals surface area contributed by atoms with Crippen LogP contribution in [0.4, 0.5) is 0 Å². The summed E-state index contributed by atoms with van der Waals surface area (Å²) in [5.74, 6) is 1.08. The number of aromatic nitrogens is 2. The van der Waals surface area contributed by atoms with Gasteiger partial charge < -0.3 is 4.57 Å². The molecule has 2 heterocycles. The van der Waals surface area contributed by atoms with Gasteiger partial charge in [-0.3, -0.25) is 0 Å². The van der Waals surface area contributed by atoms with Crippen molar-refractivity contribution in [2.24, 2.45) is 0 Å². The Morgan fingerprint density at radius 2 is 1.87 bits per heavy atom. The molecule has 7 heteroatoms. The zero-order chi connectivity index (χ0) is 16.6. The van der Waals surface area contributed by atoms with Gasteiger partial charge in [0.1, 0.15) is 5.82 Å². The molecule has 1 aromatic carbocycles. The van der Waals surface area contributed by atoms with Crippen molar-refractivity contribution in [3.8, 4) is 0 Å². The molecular weight excluding hydrogens is 312 g/mol. The van der Waals surface area contributed by atoms with E-state index >= 15 is 0 Å². The lowest BCUT2D eigenvalue weighted by molar-refractivity contribution is 0.263. The summed E-state index contributed by atoms with van der Waals surface area (Å²) < 4.78 is 29.7. The van der Waals surface area contributed by atoms with Crippen molar-refractivity contribution < 1.29 is 8.42 Å². The Morgan fingerprint density at radius 1 is 1.22 bits per heavy atom. The van der Waals surface area contributed by atoms with Crippen LogP contribution in [0.25, 0.3) is 11.0 Å². The largest absolute Gasteiger partial charge is 0.325 e. The number of nitrogens with zero attached hydrogens (tertiary/aromatic N) is 4. The van der Waals surface area contributed by atoms with E-state index in [1.54, 1.807) is 18.4 Å². The zero-order valence-corrected chi connectivity index (χ0v) is 14.8. The number of imidazole rings is 1. The first-order valence-corrected chi connectivity index (χ1v) is 9.48. The van der Waals surface area contributed by atoms with E-state index in [0.29, 0.717) is 19.1 Å². The van der Waals surface area contributed by atoms with Gasteiger partial charge in [0.2, 0.25) is 0 Å². The molecule has 1 aliphatic heterocycles. The van der Waals surface area contributed by atoms with E-state index < -0.39 is 10.2 Å². The van der Waals surface area contributed by atoms with E-state index in [1.807, 2.05) is 18.2 Å². The summed E-state index contributed by atoms with van der Waals surface area (Å²) in [6.07, 6.45) is 2.52. The third-order valence-electron chi connectivity index (χ3n) is 4.56. The number of piperidine rings is 1. The minimum Gasteiger partial charge on any atom is -0.325 e. The number of para-hydroxylation sites is 2. The molecule has 0 bridgehead atoms. The highest BCUT2D eigenvalue weighted by molar-refractivity contribution is 7.86. The fourth-order valence-corrected chi connectivity index (χ4v) is 4.45. The van der Waals surface area contributed by atoms with Crippen LogP contribution in [0.15, 0.2) is 24.3 Å².